The number of hydrogen-bond acceptors (Lipinski definition) is 4. The van der Waals surface area contributed by atoms with E-state index in [0.29, 0.717) is 11.6 Å². The van der Waals surface area contributed by atoms with Crippen LogP contribution in [-0.2, 0) is 0 Å². The monoisotopic (exact) mass is 249 g/mol. The lowest BCUT2D eigenvalue weighted by Gasteiger charge is -2.28. The molecule has 5 heteroatoms. The number of nitrogens with two attached hydrogens (primary N) is 1. The van der Waals surface area contributed by atoms with Crippen LogP contribution in [0.3, 0.4) is 0 Å². The fourth-order valence-corrected chi connectivity index (χ4v) is 2.49. The third-order valence-electron chi connectivity index (χ3n) is 3.49. The first-order valence-electron chi connectivity index (χ1n) is 6.33. The normalized spacial score (nSPS) is 23.7. The molecule has 18 heavy (non-hydrogen) atoms. The molecule has 3 N–H and O–H groups in total. The molecule has 1 aromatic rings. The minimum atomic E-state index is -0.340. The molecule has 0 spiro atoms. The maximum Gasteiger partial charge on any atom is 0.274 e. The average molecular weight is 249 g/mol. The number of aryl methyl sites for hydroxylation is 1. The van der Waals surface area contributed by atoms with E-state index in [4.69, 9.17) is 5.73 Å². The molecule has 98 valence electrons. The Labute approximate surface area is 107 Å². The van der Waals surface area contributed by atoms with Crippen molar-refractivity contribution in [3.63, 3.8) is 0 Å². The molecule has 0 aliphatic heterocycles. The van der Waals surface area contributed by atoms with Gasteiger partial charge in [0.1, 0.15) is 0 Å². The number of anilines is 1. The third kappa shape index (κ3) is 2.98. The predicted octanol–water partition coefficient (Wildman–Crippen LogP) is 2.59. The molecule has 0 heterocycles. The molecule has 2 rings (SSSR count). The summed E-state index contributed by atoms with van der Waals surface area (Å²) >= 11 is 0. The van der Waals surface area contributed by atoms with E-state index in [1.54, 1.807) is 19.1 Å². The highest BCUT2D eigenvalue weighted by Crippen LogP contribution is 2.25. The van der Waals surface area contributed by atoms with Gasteiger partial charge in [-0.3, -0.25) is 10.1 Å². The zero-order chi connectivity index (χ0) is 13.1. The van der Waals surface area contributed by atoms with Gasteiger partial charge in [-0.25, -0.2) is 0 Å². The van der Waals surface area contributed by atoms with E-state index in [9.17, 15) is 10.1 Å². The van der Waals surface area contributed by atoms with Crippen LogP contribution in [0.25, 0.3) is 0 Å². The molecule has 1 aromatic carbocycles. The third-order valence-corrected chi connectivity index (χ3v) is 3.49. The second-order valence-corrected chi connectivity index (χ2v) is 5.03. The van der Waals surface area contributed by atoms with E-state index in [2.05, 4.69) is 5.32 Å². The SMILES string of the molecule is Cc1ccc(NC2CCCC(N)C2)cc1[N+](=O)[O-]. The average Bonchev–Trinajstić information content (AvgIpc) is 2.31. The highest BCUT2D eigenvalue weighted by molar-refractivity contribution is 5.55. The van der Waals surface area contributed by atoms with E-state index >= 15 is 0 Å². The molecule has 1 aliphatic rings. The molecule has 5 nitrogen and oxygen atoms in total. The van der Waals surface area contributed by atoms with Crippen molar-refractivity contribution in [1.82, 2.24) is 0 Å². The molecular formula is C13H19N3O2. The van der Waals surface area contributed by atoms with Gasteiger partial charge in [0.15, 0.2) is 0 Å². The lowest BCUT2D eigenvalue weighted by Crippen LogP contribution is -2.34. The maximum absolute atomic E-state index is 10.9. The minimum absolute atomic E-state index is 0.167. The van der Waals surface area contributed by atoms with Crippen LogP contribution in [-0.4, -0.2) is 17.0 Å². The Hall–Kier alpha value is -1.62. The molecule has 1 saturated carbocycles. The molecular weight excluding hydrogens is 230 g/mol. The molecule has 0 saturated heterocycles. The molecule has 0 radical (unpaired) electrons. The Balaban J connectivity index is 2.09. The fourth-order valence-electron chi connectivity index (χ4n) is 2.49. The van der Waals surface area contributed by atoms with Crippen molar-refractivity contribution in [1.29, 1.82) is 0 Å². The van der Waals surface area contributed by atoms with Gasteiger partial charge in [0.05, 0.1) is 4.92 Å². The smallest absolute Gasteiger partial charge is 0.274 e. The topological polar surface area (TPSA) is 81.2 Å². The maximum atomic E-state index is 10.9. The standard InChI is InChI=1S/C13H19N3O2/c1-9-5-6-12(8-13(9)16(17)18)15-11-4-2-3-10(14)7-11/h5-6,8,10-11,15H,2-4,7,14H2,1H3. The van der Waals surface area contributed by atoms with Crippen molar-refractivity contribution in [2.75, 3.05) is 5.32 Å². The zero-order valence-electron chi connectivity index (χ0n) is 10.6. The van der Waals surface area contributed by atoms with Crippen LogP contribution in [0.2, 0.25) is 0 Å². The van der Waals surface area contributed by atoms with Crippen LogP contribution in [0.5, 0.6) is 0 Å². The number of nitro groups is 1. The van der Waals surface area contributed by atoms with Crippen molar-refractivity contribution in [3.8, 4) is 0 Å². The van der Waals surface area contributed by atoms with Crippen molar-refractivity contribution in [2.24, 2.45) is 5.73 Å². The van der Waals surface area contributed by atoms with Crippen LogP contribution >= 0.6 is 0 Å². The first-order chi connectivity index (χ1) is 8.56. The Kier molecular flexibility index (Phi) is 3.81. The van der Waals surface area contributed by atoms with Gasteiger partial charge in [0, 0.05) is 29.4 Å². The number of nitro benzene ring substituents is 1. The molecule has 2 unspecified atom stereocenters. The van der Waals surface area contributed by atoms with Gasteiger partial charge in [-0.05, 0) is 38.7 Å². The van der Waals surface area contributed by atoms with E-state index < -0.39 is 0 Å². The number of hydrogen-bond donors (Lipinski definition) is 2. The van der Waals surface area contributed by atoms with Gasteiger partial charge in [0.25, 0.3) is 5.69 Å². The second kappa shape index (κ2) is 5.35. The highest BCUT2D eigenvalue weighted by atomic mass is 16.6. The summed E-state index contributed by atoms with van der Waals surface area (Å²) in [6.45, 7) is 1.75. The lowest BCUT2D eigenvalue weighted by atomic mass is 9.91. The van der Waals surface area contributed by atoms with Crippen LogP contribution in [0.15, 0.2) is 18.2 Å². The van der Waals surface area contributed by atoms with E-state index in [-0.39, 0.29) is 16.7 Å². The number of rotatable bonds is 3. The Morgan fingerprint density at radius 2 is 2.22 bits per heavy atom. The largest absolute Gasteiger partial charge is 0.382 e. The van der Waals surface area contributed by atoms with Crippen LogP contribution in [0.4, 0.5) is 11.4 Å². The van der Waals surface area contributed by atoms with Crippen LogP contribution < -0.4 is 11.1 Å². The molecule has 0 bridgehead atoms. The molecule has 1 fully saturated rings. The first kappa shape index (κ1) is 12.8. The summed E-state index contributed by atoms with van der Waals surface area (Å²) in [5.41, 5.74) is 7.60. The van der Waals surface area contributed by atoms with Crippen molar-refractivity contribution < 1.29 is 4.92 Å². The summed E-state index contributed by atoms with van der Waals surface area (Å²) in [5.74, 6) is 0. The summed E-state index contributed by atoms with van der Waals surface area (Å²) in [4.78, 5) is 10.5. The van der Waals surface area contributed by atoms with Gasteiger partial charge >= 0.3 is 0 Å². The minimum Gasteiger partial charge on any atom is -0.382 e. The number of nitrogens with one attached hydrogen (secondary N) is 1. The predicted molar refractivity (Wildman–Crippen MR) is 71.7 cm³/mol. The van der Waals surface area contributed by atoms with Gasteiger partial charge in [0.2, 0.25) is 0 Å². The number of nitrogens with zero attached hydrogens (tertiary/aromatic N) is 1. The van der Waals surface area contributed by atoms with E-state index in [1.807, 2.05) is 6.07 Å². The fraction of sp³-hybridized carbons (Fsp3) is 0.538. The van der Waals surface area contributed by atoms with Crippen molar-refractivity contribution in [2.45, 2.75) is 44.7 Å². The molecule has 1 aliphatic carbocycles. The summed E-state index contributed by atoms with van der Waals surface area (Å²) < 4.78 is 0. The van der Waals surface area contributed by atoms with Gasteiger partial charge in [-0.1, -0.05) is 6.07 Å². The summed E-state index contributed by atoms with van der Waals surface area (Å²) in [6, 6.07) is 5.86. The summed E-state index contributed by atoms with van der Waals surface area (Å²) in [7, 11) is 0. The first-order valence-corrected chi connectivity index (χ1v) is 6.33. The highest BCUT2D eigenvalue weighted by Gasteiger charge is 2.20. The molecule has 2 atom stereocenters. The quantitative estimate of drug-likeness (QED) is 0.637. The van der Waals surface area contributed by atoms with Gasteiger partial charge in [-0.15, -0.1) is 0 Å². The molecule has 0 aromatic heterocycles. The Morgan fingerprint density at radius 3 is 2.89 bits per heavy atom. The zero-order valence-corrected chi connectivity index (χ0v) is 10.6. The summed E-state index contributed by atoms with van der Waals surface area (Å²) in [5, 5.41) is 14.2. The Morgan fingerprint density at radius 1 is 1.44 bits per heavy atom. The second-order valence-electron chi connectivity index (χ2n) is 5.03. The lowest BCUT2D eigenvalue weighted by molar-refractivity contribution is -0.385. The van der Waals surface area contributed by atoms with E-state index in [1.165, 1.54) is 0 Å². The van der Waals surface area contributed by atoms with Crippen molar-refractivity contribution in [3.05, 3.63) is 33.9 Å². The van der Waals surface area contributed by atoms with E-state index in [0.717, 1.165) is 31.4 Å². The van der Waals surface area contributed by atoms with Crippen LogP contribution in [0.1, 0.15) is 31.2 Å². The van der Waals surface area contributed by atoms with Gasteiger partial charge < -0.3 is 11.1 Å². The van der Waals surface area contributed by atoms with Crippen LogP contribution in [0, 0.1) is 17.0 Å². The Bertz CT molecular complexity index is 448. The van der Waals surface area contributed by atoms with Gasteiger partial charge in [-0.2, -0.15) is 0 Å². The molecule has 0 amide bonds. The number of benzene rings is 1. The summed E-state index contributed by atoms with van der Waals surface area (Å²) in [6.07, 6.45) is 4.20. The van der Waals surface area contributed by atoms with Crippen molar-refractivity contribution >= 4 is 11.4 Å².